The normalized spacial score (nSPS) is 9.79. The SMILES string of the molecule is Fc1cccnc1Nc1ccccc1. The van der Waals surface area contributed by atoms with Crippen LogP contribution in [-0.4, -0.2) is 4.98 Å². The second-order valence-electron chi connectivity index (χ2n) is 2.82. The monoisotopic (exact) mass is 188 g/mol. The molecule has 0 aliphatic carbocycles. The molecule has 2 rings (SSSR count). The summed E-state index contributed by atoms with van der Waals surface area (Å²) in [6, 6.07) is 12.3. The summed E-state index contributed by atoms with van der Waals surface area (Å²) < 4.78 is 13.2. The number of rotatable bonds is 2. The number of pyridine rings is 1. The molecule has 0 saturated carbocycles. The zero-order chi connectivity index (χ0) is 9.80. The van der Waals surface area contributed by atoms with Crippen LogP contribution in [0.1, 0.15) is 0 Å². The lowest BCUT2D eigenvalue weighted by atomic mass is 10.3. The summed E-state index contributed by atoms with van der Waals surface area (Å²) >= 11 is 0. The predicted octanol–water partition coefficient (Wildman–Crippen LogP) is 2.96. The van der Waals surface area contributed by atoms with Gasteiger partial charge in [0.05, 0.1) is 0 Å². The van der Waals surface area contributed by atoms with Gasteiger partial charge in [-0.15, -0.1) is 0 Å². The highest BCUT2D eigenvalue weighted by molar-refractivity contribution is 5.55. The molecule has 2 nitrogen and oxygen atoms in total. The van der Waals surface area contributed by atoms with Gasteiger partial charge in [-0.05, 0) is 24.3 Å². The average molecular weight is 188 g/mol. The van der Waals surface area contributed by atoms with E-state index in [-0.39, 0.29) is 11.6 Å². The Hall–Kier alpha value is -1.90. The van der Waals surface area contributed by atoms with Gasteiger partial charge in [0.1, 0.15) is 0 Å². The fourth-order valence-corrected chi connectivity index (χ4v) is 1.14. The van der Waals surface area contributed by atoms with Crippen LogP contribution in [0, 0.1) is 5.82 Å². The molecule has 0 saturated heterocycles. The molecular weight excluding hydrogens is 179 g/mol. The van der Waals surface area contributed by atoms with Crippen molar-refractivity contribution in [1.82, 2.24) is 4.98 Å². The fraction of sp³-hybridized carbons (Fsp3) is 0. The van der Waals surface area contributed by atoms with E-state index in [9.17, 15) is 4.39 Å². The van der Waals surface area contributed by atoms with Crippen LogP contribution >= 0.6 is 0 Å². The molecule has 1 N–H and O–H groups in total. The van der Waals surface area contributed by atoms with Gasteiger partial charge in [0, 0.05) is 11.9 Å². The van der Waals surface area contributed by atoms with Crippen molar-refractivity contribution in [2.24, 2.45) is 0 Å². The van der Waals surface area contributed by atoms with Crippen LogP contribution in [0.3, 0.4) is 0 Å². The molecule has 0 atom stereocenters. The van der Waals surface area contributed by atoms with Gasteiger partial charge in [-0.1, -0.05) is 18.2 Å². The van der Waals surface area contributed by atoms with Crippen molar-refractivity contribution in [2.75, 3.05) is 5.32 Å². The Kier molecular flexibility index (Phi) is 2.40. The lowest BCUT2D eigenvalue weighted by Crippen LogP contribution is -1.95. The number of halogens is 1. The van der Waals surface area contributed by atoms with E-state index in [0.717, 1.165) is 5.69 Å². The first kappa shape index (κ1) is 8.69. The number of nitrogens with zero attached hydrogens (tertiary/aromatic N) is 1. The molecule has 2 aromatic rings. The molecule has 0 amide bonds. The topological polar surface area (TPSA) is 24.9 Å². The van der Waals surface area contributed by atoms with Crippen LogP contribution in [0.4, 0.5) is 15.9 Å². The number of benzene rings is 1. The number of hydrogen-bond donors (Lipinski definition) is 1. The molecule has 70 valence electrons. The van der Waals surface area contributed by atoms with E-state index >= 15 is 0 Å². The van der Waals surface area contributed by atoms with Gasteiger partial charge < -0.3 is 5.32 Å². The Morgan fingerprint density at radius 2 is 1.79 bits per heavy atom. The maximum atomic E-state index is 13.2. The van der Waals surface area contributed by atoms with Crippen LogP contribution < -0.4 is 5.32 Å². The van der Waals surface area contributed by atoms with Gasteiger partial charge in [-0.2, -0.15) is 0 Å². The number of hydrogen-bond acceptors (Lipinski definition) is 2. The third-order valence-electron chi connectivity index (χ3n) is 1.80. The minimum Gasteiger partial charge on any atom is -0.338 e. The highest BCUT2D eigenvalue weighted by Gasteiger charge is 2.00. The van der Waals surface area contributed by atoms with E-state index in [4.69, 9.17) is 0 Å². The first-order chi connectivity index (χ1) is 6.86. The van der Waals surface area contributed by atoms with E-state index in [1.54, 1.807) is 12.3 Å². The number of anilines is 2. The summed E-state index contributed by atoms with van der Waals surface area (Å²) in [5.41, 5.74) is 0.824. The fourth-order valence-electron chi connectivity index (χ4n) is 1.14. The summed E-state index contributed by atoms with van der Waals surface area (Å²) in [6.07, 6.45) is 1.55. The van der Waals surface area contributed by atoms with Gasteiger partial charge in [0.2, 0.25) is 0 Å². The smallest absolute Gasteiger partial charge is 0.166 e. The zero-order valence-electron chi connectivity index (χ0n) is 7.44. The maximum Gasteiger partial charge on any atom is 0.166 e. The minimum absolute atomic E-state index is 0.249. The van der Waals surface area contributed by atoms with E-state index in [1.165, 1.54) is 6.07 Å². The van der Waals surface area contributed by atoms with Gasteiger partial charge in [0.25, 0.3) is 0 Å². The molecule has 1 heterocycles. The summed E-state index contributed by atoms with van der Waals surface area (Å²) in [5, 5.41) is 2.89. The van der Waals surface area contributed by atoms with Crippen LogP contribution in [0.15, 0.2) is 48.7 Å². The zero-order valence-corrected chi connectivity index (χ0v) is 7.44. The Balaban J connectivity index is 2.24. The molecule has 0 aliphatic rings. The van der Waals surface area contributed by atoms with E-state index in [1.807, 2.05) is 30.3 Å². The summed E-state index contributed by atoms with van der Waals surface area (Å²) in [6.45, 7) is 0. The second-order valence-corrected chi connectivity index (χ2v) is 2.82. The van der Waals surface area contributed by atoms with Crippen LogP contribution in [0.2, 0.25) is 0 Å². The number of para-hydroxylation sites is 1. The molecule has 0 spiro atoms. The molecule has 0 radical (unpaired) electrons. The molecule has 14 heavy (non-hydrogen) atoms. The highest BCUT2D eigenvalue weighted by atomic mass is 19.1. The first-order valence-corrected chi connectivity index (χ1v) is 4.29. The molecule has 0 aliphatic heterocycles. The number of aromatic nitrogens is 1. The Morgan fingerprint density at radius 3 is 2.50 bits per heavy atom. The average Bonchev–Trinajstić information content (AvgIpc) is 2.23. The first-order valence-electron chi connectivity index (χ1n) is 4.29. The van der Waals surface area contributed by atoms with E-state index in [0.29, 0.717) is 0 Å². The summed E-state index contributed by atoms with van der Waals surface area (Å²) in [5.74, 6) is -0.102. The van der Waals surface area contributed by atoms with Gasteiger partial charge in [-0.25, -0.2) is 9.37 Å². The van der Waals surface area contributed by atoms with Crippen molar-refractivity contribution >= 4 is 11.5 Å². The van der Waals surface area contributed by atoms with Gasteiger partial charge in [-0.3, -0.25) is 0 Å². The Morgan fingerprint density at radius 1 is 1.00 bits per heavy atom. The number of nitrogens with one attached hydrogen (secondary N) is 1. The lowest BCUT2D eigenvalue weighted by molar-refractivity contribution is 0.626. The van der Waals surface area contributed by atoms with Crippen LogP contribution in [0.25, 0.3) is 0 Å². The Labute approximate surface area is 81.4 Å². The predicted molar refractivity (Wildman–Crippen MR) is 53.9 cm³/mol. The largest absolute Gasteiger partial charge is 0.338 e. The molecule has 1 aromatic heterocycles. The quantitative estimate of drug-likeness (QED) is 0.783. The molecule has 0 fully saturated rings. The van der Waals surface area contributed by atoms with Gasteiger partial charge >= 0.3 is 0 Å². The van der Waals surface area contributed by atoms with Crippen LogP contribution in [-0.2, 0) is 0 Å². The van der Waals surface area contributed by atoms with E-state index in [2.05, 4.69) is 10.3 Å². The third-order valence-corrected chi connectivity index (χ3v) is 1.80. The minimum atomic E-state index is -0.351. The highest BCUT2D eigenvalue weighted by Crippen LogP contribution is 2.15. The molecule has 1 aromatic carbocycles. The molecule has 3 heteroatoms. The summed E-state index contributed by atoms with van der Waals surface area (Å²) in [4.78, 5) is 3.89. The molecular formula is C11H9FN2. The molecule has 0 unspecified atom stereocenters. The van der Waals surface area contributed by atoms with E-state index < -0.39 is 0 Å². The van der Waals surface area contributed by atoms with Crippen molar-refractivity contribution in [1.29, 1.82) is 0 Å². The lowest BCUT2D eigenvalue weighted by Gasteiger charge is -2.04. The molecule has 0 bridgehead atoms. The maximum absolute atomic E-state index is 13.2. The standard InChI is InChI=1S/C11H9FN2/c12-10-7-4-8-13-11(10)14-9-5-2-1-3-6-9/h1-8H,(H,13,14). The van der Waals surface area contributed by atoms with Crippen molar-refractivity contribution in [3.63, 3.8) is 0 Å². The third kappa shape index (κ3) is 1.88. The van der Waals surface area contributed by atoms with Crippen molar-refractivity contribution < 1.29 is 4.39 Å². The summed E-state index contributed by atoms with van der Waals surface area (Å²) in [7, 11) is 0. The Bertz CT molecular complexity index is 415. The van der Waals surface area contributed by atoms with Crippen molar-refractivity contribution in [2.45, 2.75) is 0 Å². The van der Waals surface area contributed by atoms with Crippen molar-refractivity contribution in [3.8, 4) is 0 Å². The van der Waals surface area contributed by atoms with Gasteiger partial charge in [0.15, 0.2) is 11.6 Å². The van der Waals surface area contributed by atoms with Crippen LogP contribution in [0.5, 0.6) is 0 Å². The van der Waals surface area contributed by atoms with Crippen molar-refractivity contribution in [3.05, 3.63) is 54.5 Å². The second kappa shape index (κ2) is 3.87.